The molecule has 1 atom stereocenters. The minimum absolute atomic E-state index is 0.0430. The standard InChI is InChI=1S/C31H36BrCl2N3O5S/c1-5-7-17-35-31(39)28(6-2)36(19-24-26(33)9-8-10-27(24)34)30(38)20-37(22-13-11-21(3)12-14-22)43(40,41)23-15-16-29(42-4)25(32)18-23/h8-16,18,28H,5-7,17,19-20H2,1-4H3,(H,35,39)/t28-/m1/s1. The zero-order valence-corrected chi connectivity index (χ0v) is 28.5. The Bertz CT molecular complexity index is 1520. The molecule has 0 aliphatic carbocycles. The average molecular weight is 714 g/mol. The predicted octanol–water partition coefficient (Wildman–Crippen LogP) is 6.99. The molecule has 0 unspecified atom stereocenters. The molecule has 0 aliphatic rings. The molecule has 0 heterocycles. The first-order chi connectivity index (χ1) is 20.4. The van der Waals surface area contributed by atoms with Gasteiger partial charge >= 0.3 is 0 Å². The van der Waals surface area contributed by atoms with E-state index in [-0.39, 0.29) is 23.8 Å². The summed E-state index contributed by atoms with van der Waals surface area (Å²) < 4.78 is 35.0. The van der Waals surface area contributed by atoms with E-state index >= 15 is 0 Å². The van der Waals surface area contributed by atoms with Gasteiger partial charge in [0.25, 0.3) is 10.0 Å². The van der Waals surface area contributed by atoms with Gasteiger partial charge in [0.15, 0.2) is 0 Å². The highest BCUT2D eigenvalue weighted by molar-refractivity contribution is 9.10. The molecule has 12 heteroatoms. The van der Waals surface area contributed by atoms with Crippen LogP contribution < -0.4 is 14.4 Å². The Labute approximate surface area is 272 Å². The topological polar surface area (TPSA) is 96.0 Å². The summed E-state index contributed by atoms with van der Waals surface area (Å²) >= 11 is 16.3. The highest BCUT2D eigenvalue weighted by Gasteiger charge is 2.34. The van der Waals surface area contributed by atoms with E-state index in [4.69, 9.17) is 27.9 Å². The fourth-order valence-corrected chi connectivity index (χ4v) is 7.10. The number of ether oxygens (including phenoxy) is 1. The number of carbonyl (C=O) groups excluding carboxylic acids is 2. The number of carbonyl (C=O) groups is 2. The Morgan fingerprint density at radius 1 is 1.02 bits per heavy atom. The van der Waals surface area contributed by atoms with Gasteiger partial charge in [0, 0.05) is 28.7 Å². The van der Waals surface area contributed by atoms with Crippen molar-refractivity contribution in [2.75, 3.05) is 24.5 Å². The first-order valence-corrected chi connectivity index (χ1v) is 16.9. The van der Waals surface area contributed by atoms with E-state index in [0.29, 0.717) is 38.1 Å². The molecule has 232 valence electrons. The molecule has 3 aromatic carbocycles. The number of hydrogen-bond acceptors (Lipinski definition) is 5. The maximum absolute atomic E-state index is 14.2. The molecule has 0 spiro atoms. The third-order valence-electron chi connectivity index (χ3n) is 6.92. The lowest BCUT2D eigenvalue weighted by Crippen LogP contribution is -2.52. The number of anilines is 1. The lowest BCUT2D eigenvalue weighted by atomic mass is 10.1. The van der Waals surface area contributed by atoms with Crippen molar-refractivity contribution in [3.05, 3.63) is 86.3 Å². The summed E-state index contributed by atoms with van der Waals surface area (Å²) in [5, 5.41) is 3.56. The van der Waals surface area contributed by atoms with Crippen LogP contribution in [0.4, 0.5) is 5.69 Å². The van der Waals surface area contributed by atoms with E-state index in [9.17, 15) is 18.0 Å². The zero-order chi connectivity index (χ0) is 31.7. The Balaban J connectivity index is 2.09. The zero-order valence-electron chi connectivity index (χ0n) is 24.6. The first kappa shape index (κ1) is 34.7. The van der Waals surface area contributed by atoms with Gasteiger partial charge in [-0.3, -0.25) is 13.9 Å². The molecule has 0 bridgehead atoms. The van der Waals surface area contributed by atoms with Crippen LogP contribution in [0, 0.1) is 6.92 Å². The number of amides is 2. The molecule has 3 rings (SSSR count). The van der Waals surface area contributed by atoms with Crippen molar-refractivity contribution in [2.24, 2.45) is 0 Å². The molecule has 0 aromatic heterocycles. The fourth-order valence-electron chi connectivity index (χ4n) is 4.45. The largest absolute Gasteiger partial charge is 0.496 e. The molecule has 1 N–H and O–H groups in total. The predicted molar refractivity (Wildman–Crippen MR) is 175 cm³/mol. The second-order valence-electron chi connectivity index (χ2n) is 9.93. The van der Waals surface area contributed by atoms with Gasteiger partial charge in [0.05, 0.1) is 22.2 Å². The van der Waals surface area contributed by atoms with Crippen LogP contribution in [0.3, 0.4) is 0 Å². The monoisotopic (exact) mass is 711 g/mol. The molecule has 0 aliphatic heterocycles. The number of sulfonamides is 1. The van der Waals surface area contributed by atoms with Crippen LogP contribution in [0.15, 0.2) is 70.0 Å². The van der Waals surface area contributed by atoms with Gasteiger partial charge in [-0.25, -0.2) is 8.42 Å². The van der Waals surface area contributed by atoms with Crippen LogP contribution in [0.25, 0.3) is 0 Å². The molecule has 43 heavy (non-hydrogen) atoms. The molecule has 3 aromatic rings. The Kier molecular flexibility index (Phi) is 12.7. The Hall–Kier alpha value is -2.79. The summed E-state index contributed by atoms with van der Waals surface area (Å²) in [6, 6.07) is 15.3. The van der Waals surface area contributed by atoms with Crippen LogP contribution in [0.1, 0.15) is 44.2 Å². The van der Waals surface area contributed by atoms with Crippen molar-refractivity contribution in [1.29, 1.82) is 0 Å². The number of aryl methyl sites for hydroxylation is 1. The second-order valence-corrected chi connectivity index (χ2v) is 13.5. The summed E-state index contributed by atoms with van der Waals surface area (Å²) in [4.78, 5) is 28.9. The van der Waals surface area contributed by atoms with E-state index in [1.807, 2.05) is 13.8 Å². The lowest BCUT2D eigenvalue weighted by molar-refractivity contribution is -0.140. The summed E-state index contributed by atoms with van der Waals surface area (Å²) in [7, 11) is -2.77. The molecule has 0 saturated heterocycles. The highest BCUT2D eigenvalue weighted by atomic mass is 79.9. The van der Waals surface area contributed by atoms with E-state index in [1.165, 1.54) is 30.2 Å². The van der Waals surface area contributed by atoms with E-state index in [2.05, 4.69) is 21.2 Å². The first-order valence-electron chi connectivity index (χ1n) is 13.9. The molecule has 2 amide bonds. The number of nitrogens with one attached hydrogen (secondary N) is 1. The van der Waals surface area contributed by atoms with Crippen molar-refractivity contribution in [3.8, 4) is 5.75 Å². The number of rotatable bonds is 14. The smallest absolute Gasteiger partial charge is 0.264 e. The van der Waals surface area contributed by atoms with E-state index in [1.54, 1.807) is 49.4 Å². The van der Waals surface area contributed by atoms with Gasteiger partial charge in [-0.05, 0) is 78.2 Å². The molecule has 8 nitrogen and oxygen atoms in total. The van der Waals surface area contributed by atoms with Crippen LogP contribution in [0.2, 0.25) is 10.0 Å². The van der Waals surface area contributed by atoms with Gasteiger partial charge in [-0.2, -0.15) is 0 Å². The fraction of sp³-hybridized carbons (Fsp3) is 0.355. The number of hydrogen-bond donors (Lipinski definition) is 1. The van der Waals surface area contributed by atoms with Gasteiger partial charge in [0.1, 0.15) is 18.3 Å². The second kappa shape index (κ2) is 15.8. The van der Waals surface area contributed by atoms with Crippen molar-refractivity contribution in [1.82, 2.24) is 10.2 Å². The maximum atomic E-state index is 14.2. The van der Waals surface area contributed by atoms with Gasteiger partial charge < -0.3 is 15.0 Å². The van der Waals surface area contributed by atoms with Crippen LogP contribution >= 0.6 is 39.1 Å². The number of benzene rings is 3. The maximum Gasteiger partial charge on any atom is 0.264 e. The van der Waals surface area contributed by atoms with Crippen LogP contribution in [-0.2, 0) is 26.2 Å². The quantitative estimate of drug-likeness (QED) is 0.182. The molecular formula is C31H36BrCl2N3O5S. The summed E-state index contributed by atoms with van der Waals surface area (Å²) in [5.41, 5.74) is 1.68. The van der Waals surface area contributed by atoms with Gasteiger partial charge in [-0.15, -0.1) is 0 Å². The third-order valence-corrected chi connectivity index (χ3v) is 10.0. The Morgan fingerprint density at radius 2 is 1.67 bits per heavy atom. The number of nitrogens with zero attached hydrogens (tertiary/aromatic N) is 2. The minimum atomic E-state index is -4.25. The highest BCUT2D eigenvalue weighted by Crippen LogP contribution is 2.32. The van der Waals surface area contributed by atoms with Crippen molar-refractivity contribution in [3.63, 3.8) is 0 Å². The summed E-state index contributed by atoms with van der Waals surface area (Å²) in [6.07, 6.45) is 1.96. The molecular weight excluding hydrogens is 677 g/mol. The molecule has 0 radical (unpaired) electrons. The van der Waals surface area contributed by atoms with Crippen molar-refractivity contribution in [2.45, 2.75) is 57.5 Å². The number of halogens is 3. The van der Waals surface area contributed by atoms with Crippen molar-refractivity contribution >= 4 is 66.7 Å². The number of methoxy groups -OCH3 is 1. The normalized spacial score (nSPS) is 12.0. The molecule has 0 saturated carbocycles. The van der Waals surface area contributed by atoms with Gasteiger partial charge in [0.2, 0.25) is 11.8 Å². The van der Waals surface area contributed by atoms with E-state index in [0.717, 1.165) is 22.7 Å². The third kappa shape index (κ3) is 8.65. The van der Waals surface area contributed by atoms with Crippen LogP contribution in [0.5, 0.6) is 5.75 Å². The summed E-state index contributed by atoms with van der Waals surface area (Å²) in [5.74, 6) is -0.471. The van der Waals surface area contributed by atoms with Crippen LogP contribution in [-0.4, -0.2) is 51.4 Å². The minimum Gasteiger partial charge on any atom is -0.496 e. The lowest BCUT2D eigenvalue weighted by Gasteiger charge is -2.33. The van der Waals surface area contributed by atoms with Crippen molar-refractivity contribution < 1.29 is 22.7 Å². The Morgan fingerprint density at radius 3 is 2.23 bits per heavy atom. The van der Waals surface area contributed by atoms with E-state index < -0.39 is 28.5 Å². The van der Waals surface area contributed by atoms with Gasteiger partial charge in [-0.1, -0.05) is 67.2 Å². The SMILES string of the molecule is CCCCNC(=O)[C@@H](CC)N(Cc1c(Cl)cccc1Cl)C(=O)CN(c1ccc(C)cc1)S(=O)(=O)c1ccc(OC)c(Br)c1. The molecule has 0 fully saturated rings. The average Bonchev–Trinajstić information content (AvgIpc) is 2.97. The number of unbranched alkanes of at least 4 members (excludes halogenated alkanes) is 1. The summed E-state index contributed by atoms with van der Waals surface area (Å²) in [6.45, 7) is 5.48.